The van der Waals surface area contributed by atoms with Crippen LogP contribution in [0.3, 0.4) is 0 Å². The van der Waals surface area contributed by atoms with Crippen LogP contribution in [-0.2, 0) is 4.79 Å². The number of carbonyl (C=O) groups is 1. The van der Waals surface area contributed by atoms with E-state index in [1.807, 2.05) is 12.5 Å². The molecule has 1 saturated heterocycles. The van der Waals surface area contributed by atoms with Crippen LogP contribution in [-0.4, -0.2) is 22.0 Å². The summed E-state index contributed by atoms with van der Waals surface area (Å²) in [7, 11) is 0. The molecular weight excluding hydrogens is 178 g/mol. The van der Waals surface area contributed by atoms with Crippen molar-refractivity contribution in [3.05, 3.63) is 18.7 Å². The lowest BCUT2D eigenvalue weighted by atomic mass is 9.96. The number of nitrogens with zero attached hydrogens (tertiary/aromatic N) is 2. The molecule has 1 aliphatic heterocycles. The Hall–Kier alpha value is -1.32. The number of hydrogen-bond donors (Lipinski definition) is 1. The van der Waals surface area contributed by atoms with Crippen LogP contribution in [0.1, 0.15) is 25.8 Å². The number of carbonyl (C=O) groups excluding carboxylic acids is 1. The van der Waals surface area contributed by atoms with Gasteiger partial charge in [0.2, 0.25) is 5.91 Å². The molecule has 1 aromatic rings. The molecule has 1 fully saturated rings. The number of imidazole rings is 1. The molecule has 1 aliphatic rings. The fourth-order valence-corrected chi connectivity index (χ4v) is 2.15. The molecule has 14 heavy (non-hydrogen) atoms. The van der Waals surface area contributed by atoms with Crippen LogP contribution in [0.25, 0.3) is 0 Å². The van der Waals surface area contributed by atoms with E-state index in [0.29, 0.717) is 18.4 Å². The van der Waals surface area contributed by atoms with Gasteiger partial charge in [0.15, 0.2) is 0 Å². The standard InChI is InChI=1S/C10H15N3O/c1-2-9(13-4-3-11-7-13)8-5-10(14)12-6-8/h3-4,7-9H,2,5-6H2,1H3,(H,12,14). The molecular formula is C10H15N3O. The average molecular weight is 193 g/mol. The van der Waals surface area contributed by atoms with Crippen LogP contribution in [0, 0.1) is 5.92 Å². The van der Waals surface area contributed by atoms with Gasteiger partial charge >= 0.3 is 0 Å². The molecule has 0 aromatic carbocycles. The van der Waals surface area contributed by atoms with E-state index in [9.17, 15) is 4.79 Å². The highest BCUT2D eigenvalue weighted by atomic mass is 16.1. The lowest BCUT2D eigenvalue weighted by Gasteiger charge is -2.21. The van der Waals surface area contributed by atoms with Gasteiger partial charge in [-0.1, -0.05) is 6.92 Å². The van der Waals surface area contributed by atoms with Gasteiger partial charge in [-0.2, -0.15) is 0 Å². The minimum Gasteiger partial charge on any atom is -0.356 e. The normalized spacial score (nSPS) is 23.5. The Balaban J connectivity index is 2.10. The molecule has 2 unspecified atom stereocenters. The number of nitrogens with one attached hydrogen (secondary N) is 1. The van der Waals surface area contributed by atoms with E-state index in [1.165, 1.54) is 0 Å². The van der Waals surface area contributed by atoms with E-state index in [1.54, 1.807) is 6.20 Å². The summed E-state index contributed by atoms with van der Waals surface area (Å²) in [4.78, 5) is 15.1. The van der Waals surface area contributed by atoms with E-state index < -0.39 is 0 Å². The predicted molar refractivity (Wildman–Crippen MR) is 52.7 cm³/mol. The fraction of sp³-hybridized carbons (Fsp3) is 0.600. The summed E-state index contributed by atoms with van der Waals surface area (Å²) in [6.07, 6.45) is 7.27. The third kappa shape index (κ3) is 1.64. The van der Waals surface area contributed by atoms with Crippen molar-refractivity contribution in [2.75, 3.05) is 6.54 Å². The van der Waals surface area contributed by atoms with E-state index in [2.05, 4.69) is 21.8 Å². The summed E-state index contributed by atoms with van der Waals surface area (Å²) in [5.41, 5.74) is 0. The molecule has 2 atom stereocenters. The van der Waals surface area contributed by atoms with Crippen molar-refractivity contribution in [3.8, 4) is 0 Å². The third-order valence-corrected chi connectivity index (χ3v) is 2.88. The molecule has 2 heterocycles. The Bertz CT molecular complexity index is 307. The second kappa shape index (κ2) is 3.82. The summed E-state index contributed by atoms with van der Waals surface area (Å²) in [5, 5.41) is 2.87. The van der Waals surface area contributed by atoms with Gasteiger partial charge in [-0.05, 0) is 6.42 Å². The van der Waals surface area contributed by atoms with E-state index in [0.717, 1.165) is 13.0 Å². The number of hydrogen-bond acceptors (Lipinski definition) is 2. The van der Waals surface area contributed by atoms with Gasteiger partial charge in [0.05, 0.1) is 6.33 Å². The van der Waals surface area contributed by atoms with Crippen LogP contribution in [0.15, 0.2) is 18.7 Å². The monoisotopic (exact) mass is 193 g/mol. The second-order valence-corrected chi connectivity index (χ2v) is 3.75. The molecule has 1 amide bonds. The lowest BCUT2D eigenvalue weighted by molar-refractivity contribution is -0.119. The van der Waals surface area contributed by atoms with Gasteiger partial charge < -0.3 is 9.88 Å². The summed E-state index contributed by atoms with van der Waals surface area (Å²) in [5.74, 6) is 0.593. The molecule has 0 bridgehead atoms. The van der Waals surface area contributed by atoms with E-state index in [4.69, 9.17) is 0 Å². The lowest BCUT2D eigenvalue weighted by Crippen LogP contribution is -2.20. The largest absolute Gasteiger partial charge is 0.356 e. The van der Waals surface area contributed by atoms with Gasteiger partial charge in [-0.15, -0.1) is 0 Å². The fourth-order valence-electron chi connectivity index (χ4n) is 2.15. The molecule has 0 aliphatic carbocycles. The maximum atomic E-state index is 11.1. The molecule has 4 heteroatoms. The molecule has 0 saturated carbocycles. The van der Waals surface area contributed by atoms with Crippen LogP contribution in [0.2, 0.25) is 0 Å². The highest BCUT2D eigenvalue weighted by Gasteiger charge is 2.28. The van der Waals surface area contributed by atoms with Gasteiger partial charge in [-0.25, -0.2) is 4.98 Å². The van der Waals surface area contributed by atoms with Crippen molar-refractivity contribution in [1.29, 1.82) is 0 Å². The van der Waals surface area contributed by atoms with Crippen LogP contribution < -0.4 is 5.32 Å². The van der Waals surface area contributed by atoms with Crippen molar-refractivity contribution in [2.24, 2.45) is 5.92 Å². The van der Waals surface area contributed by atoms with Crippen LogP contribution >= 0.6 is 0 Å². The van der Waals surface area contributed by atoms with E-state index in [-0.39, 0.29) is 5.91 Å². The van der Waals surface area contributed by atoms with Crippen LogP contribution in [0.4, 0.5) is 0 Å². The van der Waals surface area contributed by atoms with E-state index >= 15 is 0 Å². The van der Waals surface area contributed by atoms with Gasteiger partial charge in [0.25, 0.3) is 0 Å². The first-order valence-corrected chi connectivity index (χ1v) is 5.05. The van der Waals surface area contributed by atoms with Gasteiger partial charge in [-0.3, -0.25) is 4.79 Å². The maximum Gasteiger partial charge on any atom is 0.220 e. The Morgan fingerprint density at radius 2 is 2.64 bits per heavy atom. The minimum atomic E-state index is 0.175. The average Bonchev–Trinajstić information content (AvgIpc) is 2.79. The minimum absolute atomic E-state index is 0.175. The molecule has 1 N–H and O–H groups in total. The third-order valence-electron chi connectivity index (χ3n) is 2.88. The van der Waals surface area contributed by atoms with Crippen molar-refractivity contribution in [1.82, 2.24) is 14.9 Å². The SMILES string of the molecule is CCC(C1CNC(=O)C1)n1ccnc1. The summed E-state index contributed by atoms with van der Waals surface area (Å²) in [6, 6.07) is 0.399. The summed E-state index contributed by atoms with van der Waals surface area (Å²) < 4.78 is 2.10. The van der Waals surface area contributed by atoms with Crippen molar-refractivity contribution < 1.29 is 4.79 Å². The molecule has 4 nitrogen and oxygen atoms in total. The maximum absolute atomic E-state index is 11.1. The Morgan fingerprint density at radius 3 is 3.14 bits per heavy atom. The first-order valence-electron chi connectivity index (χ1n) is 5.05. The quantitative estimate of drug-likeness (QED) is 0.777. The molecule has 76 valence electrons. The first-order chi connectivity index (χ1) is 6.81. The second-order valence-electron chi connectivity index (χ2n) is 3.75. The summed E-state index contributed by atoms with van der Waals surface area (Å²) in [6.45, 7) is 2.95. The zero-order valence-electron chi connectivity index (χ0n) is 8.31. The molecule has 0 spiro atoms. The van der Waals surface area contributed by atoms with Crippen molar-refractivity contribution in [3.63, 3.8) is 0 Å². The zero-order chi connectivity index (χ0) is 9.97. The topological polar surface area (TPSA) is 46.9 Å². The van der Waals surface area contributed by atoms with Crippen molar-refractivity contribution in [2.45, 2.75) is 25.8 Å². The highest BCUT2D eigenvalue weighted by Crippen LogP contribution is 2.26. The van der Waals surface area contributed by atoms with Crippen LogP contribution in [0.5, 0.6) is 0 Å². The molecule has 0 radical (unpaired) electrons. The Kier molecular flexibility index (Phi) is 2.52. The zero-order valence-corrected chi connectivity index (χ0v) is 8.31. The Labute approximate surface area is 83.3 Å². The molecule has 1 aromatic heterocycles. The Morgan fingerprint density at radius 1 is 1.79 bits per heavy atom. The van der Waals surface area contributed by atoms with Gasteiger partial charge in [0.1, 0.15) is 0 Å². The number of rotatable bonds is 3. The molecule has 2 rings (SSSR count). The van der Waals surface area contributed by atoms with Gasteiger partial charge in [0, 0.05) is 37.3 Å². The number of aromatic nitrogens is 2. The summed E-state index contributed by atoms with van der Waals surface area (Å²) >= 11 is 0. The number of amides is 1. The smallest absolute Gasteiger partial charge is 0.220 e. The first kappa shape index (κ1) is 9.24. The van der Waals surface area contributed by atoms with Crippen molar-refractivity contribution >= 4 is 5.91 Å². The predicted octanol–water partition coefficient (Wildman–Crippen LogP) is 0.970. The highest BCUT2D eigenvalue weighted by molar-refractivity contribution is 5.78.